The fourth-order valence-electron chi connectivity index (χ4n) is 6.86. The molecule has 3 heterocycles. The lowest BCUT2D eigenvalue weighted by Crippen LogP contribution is -2.51. The number of ether oxygens (including phenoxy) is 1. The minimum atomic E-state index is -0.668. The van der Waals surface area contributed by atoms with Gasteiger partial charge in [0.2, 0.25) is 5.91 Å². The number of likely N-dealkylation sites (tertiary alicyclic amines) is 1. The number of benzene rings is 2. The third kappa shape index (κ3) is 6.47. The lowest BCUT2D eigenvalue weighted by atomic mass is 9.80. The molecule has 0 radical (unpaired) electrons. The second-order valence-corrected chi connectivity index (χ2v) is 12.8. The Morgan fingerprint density at radius 2 is 1.41 bits per heavy atom. The molecule has 1 aliphatic heterocycles. The summed E-state index contributed by atoms with van der Waals surface area (Å²) >= 11 is 0. The Bertz CT molecular complexity index is 1660. The van der Waals surface area contributed by atoms with Crippen molar-refractivity contribution in [2.24, 2.45) is 11.8 Å². The smallest absolute Gasteiger partial charge is 0.407 e. The van der Waals surface area contributed by atoms with Crippen LogP contribution < -0.4 is 5.32 Å². The summed E-state index contributed by atoms with van der Waals surface area (Å²) in [6, 6.07) is 15.9. The predicted molar refractivity (Wildman–Crippen MR) is 176 cm³/mol. The van der Waals surface area contributed by atoms with Crippen molar-refractivity contribution in [2.45, 2.75) is 70.4 Å². The van der Waals surface area contributed by atoms with Crippen LogP contribution in [0.25, 0.3) is 33.6 Å². The van der Waals surface area contributed by atoms with Crippen LogP contribution in [0.2, 0.25) is 0 Å². The van der Waals surface area contributed by atoms with Crippen LogP contribution in [0.15, 0.2) is 60.9 Å². The molecule has 46 heavy (non-hydrogen) atoms. The van der Waals surface area contributed by atoms with E-state index < -0.39 is 12.1 Å². The first kappa shape index (κ1) is 31.3. The summed E-state index contributed by atoms with van der Waals surface area (Å²) in [6.45, 7) is 4.43. The van der Waals surface area contributed by atoms with Gasteiger partial charge in [0.25, 0.3) is 0 Å². The minimum Gasteiger partial charge on any atom is -0.453 e. The van der Waals surface area contributed by atoms with Crippen LogP contribution in [-0.2, 0) is 14.3 Å². The van der Waals surface area contributed by atoms with Gasteiger partial charge in [-0.05, 0) is 53.9 Å². The molecule has 1 aliphatic carbocycles. The van der Waals surface area contributed by atoms with E-state index in [1.807, 2.05) is 31.1 Å². The van der Waals surface area contributed by atoms with Crippen molar-refractivity contribution in [3.63, 3.8) is 0 Å². The molecule has 2 aliphatic rings. The maximum atomic E-state index is 13.5. The minimum absolute atomic E-state index is 0.0485. The molecule has 2 amide bonds. The van der Waals surface area contributed by atoms with Crippen LogP contribution in [-0.4, -0.2) is 62.8 Å². The van der Waals surface area contributed by atoms with Gasteiger partial charge in [-0.15, -0.1) is 0 Å². The average Bonchev–Trinajstić information content (AvgIpc) is 3.88. The van der Waals surface area contributed by atoms with Gasteiger partial charge in [-0.3, -0.25) is 4.79 Å². The quantitative estimate of drug-likeness (QED) is 0.179. The van der Waals surface area contributed by atoms with E-state index in [9.17, 15) is 14.4 Å². The average molecular weight is 623 g/mol. The Balaban J connectivity index is 1.12. The lowest BCUT2D eigenvalue weighted by molar-refractivity contribution is -0.135. The van der Waals surface area contributed by atoms with Crippen molar-refractivity contribution in [2.75, 3.05) is 13.7 Å². The first-order valence-corrected chi connectivity index (χ1v) is 16.3. The van der Waals surface area contributed by atoms with Gasteiger partial charge >= 0.3 is 6.09 Å². The zero-order chi connectivity index (χ0) is 32.2. The number of carbonyl (C=O) groups is 3. The first-order valence-electron chi connectivity index (χ1n) is 16.3. The number of methoxy groups -OCH3 is 1. The summed E-state index contributed by atoms with van der Waals surface area (Å²) in [5, 5.41) is 2.69. The maximum Gasteiger partial charge on any atom is 0.407 e. The summed E-state index contributed by atoms with van der Waals surface area (Å²) < 4.78 is 4.74. The van der Waals surface area contributed by atoms with Crippen LogP contribution in [0.5, 0.6) is 0 Å². The molecular weight excluding hydrogens is 580 g/mol. The third-order valence-corrected chi connectivity index (χ3v) is 9.50. The second-order valence-electron chi connectivity index (χ2n) is 12.8. The summed E-state index contributed by atoms with van der Waals surface area (Å²) in [5.74, 6) is 1.67. The zero-order valence-corrected chi connectivity index (χ0v) is 26.7. The normalized spacial score (nSPS) is 20.4. The summed E-state index contributed by atoms with van der Waals surface area (Å²) in [5.41, 5.74) is 6.11. The predicted octanol–water partition coefficient (Wildman–Crippen LogP) is 6.65. The Labute approximate surface area is 269 Å². The Hall–Kier alpha value is -4.73. The van der Waals surface area contributed by atoms with E-state index >= 15 is 0 Å². The standard InChI is InChI=1S/C36H42N6O4/c1-22(2)32(41-36(45)46-3)35(44)42-18-6-9-31(42)34-38-20-30(40-34)26-16-12-24(13-17-26)23-10-14-25(15-11-23)29-19-37-33(39-29)28-8-5-4-7-27(28)21-43/h10-17,19-22,27-28,31-32H,4-9,18H2,1-3H3,(H,37,39)(H,38,40)(H,41,45)/t27?,28-,31?,32?/m1/s1. The largest absolute Gasteiger partial charge is 0.453 e. The number of amides is 2. The van der Waals surface area contributed by atoms with Crippen molar-refractivity contribution >= 4 is 18.3 Å². The first-order chi connectivity index (χ1) is 22.4. The molecule has 2 aromatic heterocycles. The lowest BCUT2D eigenvalue weighted by Gasteiger charge is -2.30. The molecular formula is C36H42N6O4. The van der Waals surface area contributed by atoms with Crippen LogP contribution in [0.4, 0.5) is 4.79 Å². The van der Waals surface area contributed by atoms with E-state index in [-0.39, 0.29) is 29.7 Å². The van der Waals surface area contributed by atoms with E-state index in [4.69, 9.17) is 4.74 Å². The van der Waals surface area contributed by atoms with Crippen molar-refractivity contribution in [1.82, 2.24) is 30.2 Å². The van der Waals surface area contributed by atoms with Crippen LogP contribution >= 0.6 is 0 Å². The number of nitrogens with one attached hydrogen (secondary N) is 3. The molecule has 1 saturated carbocycles. The summed E-state index contributed by atoms with van der Waals surface area (Å²) in [7, 11) is 1.30. The molecule has 240 valence electrons. The maximum absolute atomic E-state index is 13.5. The summed E-state index contributed by atoms with van der Waals surface area (Å²) in [4.78, 5) is 55.0. The Morgan fingerprint density at radius 3 is 2.00 bits per heavy atom. The van der Waals surface area contributed by atoms with E-state index in [0.29, 0.717) is 6.54 Å². The number of aromatic nitrogens is 4. The number of H-pyrrole nitrogens is 2. The van der Waals surface area contributed by atoms with E-state index in [1.54, 1.807) is 0 Å². The third-order valence-electron chi connectivity index (χ3n) is 9.50. The van der Waals surface area contributed by atoms with Crippen LogP contribution in [0, 0.1) is 11.8 Å². The van der Waals surface area contributed by atoms with Gasteiger partial charge in [-0.1, -0.05) is 75.2 Å². The molecule has 3 unspecified atom stereocenters. The van der Waals surface area contributed by atoms with E-state index in [2.05, 4.69) is 73.8 Å². The van der Waals surface area contributed by atoms with Gasteiger partial charge in [-0.2, -0.15) is 0 Å². The van der Waals surface area contributed by atoms with Crippen molar-refractivity contribution in [3.8, 4) is 33.6 Å². The second kappa shape index (κ2) is 13.7. The number of nitrogens with zero attached hydrogens (tertiary/aromatic N) is 3. The molecule has 2 aromatic carbocycles. The number of aldehydes is 1. The number of rotatable bonds is 9. The zero-order valence-electron chi connectivity index (χ0n) is 26.7. The highest BCUT2D eigenvalue weighted by Crippen LogP contribution is 2.37. The molecule has 4 aromatic rings. The van der Waals surface area contributed by atoms with Gasteiger partial charge in [0, 0.05) is 18.4 Å². The van der Waals surface area contributed by atoms with Gasteiger partial charge in [0.1, 0.15) is 24.0 Å². The Morgan fingerprint density at radius 1 is 0.848 bits per heavy atom. The van der Waals surface area contributed by atoms with Gasteiger partial charge in [0.15, 0.2) is 0 Å². The molecule has 2 fully saturated rings. The molecule has 4 atom stereocenters. The highest BCUT2D eigenvalue weighted by Gasteiger charge is 2.37. The van der Waals surface area contributed by atoms with Gasteiger partial charge < -0.3 is 29.7 Å². The SMILES string of the molecule is COC(=O)NC(C(=O)N1CCCC1c1ncc(-c2ccc(-c3ccc(-c4cnc([C@@H]5CCCCC5C=O)[nH]4)cc3)cc2)[nH]1)C(C)C. The monoisotopic (exact) mass is 622 g/mol. The highest BCUT2D eigenvalue weighted by atomic mass is 16.5. The number of alkyl carbamates (subject to hydrolysis) is 1. The number of hydrogen-bond donors (Lipinski definition) is 3. The topological polar surface area (TPSA) is 133 Å². The molecule has 10 heteroatoms. The number of imidazole rings is 2. The number of hydrogen-bond acceptors (Lipinski definition) is 6. The fraction of sp³-hybridized carbons (Fsp3) is 0.417. The van der Waals surface area contributed by atoms with E-state index in [0.717, 1.165) is 90.1 Å². The highest BCUT2D eigenvalue weighted by molar-refractivity contribution is 5.86. The fourth-order valence-corrected chi connectivity index (χ4v) is 6.86. The molecule has 1 saturated heterocycles. The Kier molecular flexibility index (Phi) is 9.33. The van der Waals surface area contributed by atoms with Crippen molar-refractivity contribution in [3.05, 3.63) is 72.6 Å². The molecule has 0 bridgehead atoms. The van der Waals surface area contributed by atoms with Gasteiger partial charge in [0.05, 0.1) is 36.9 Å². The molecule has 10 nitrogen and oxygen atoms in total. The van der Waals surface area contributed by atoms with E-state index in [1.165, 1.54) is 7.11 Å². The van der Waals surface area contributed by atoms with Crippen molar-refractivity contribution < 1.29 is 19.1 Å². The number of carbonyl (C=O) groups excluding carboxylic acids is 3. The van der Waals surface area contributed by atoms with Gasteiger partial charge in [-0.25, -0.2) is 14.8 Å². The number of aromatic amines is 2. The van der Waals surface area contributed by atoms with Crippen LogP contribution in [0.1, 0.15) is 76.0 Å². The van der Waals surface area contributed by atoms with Crippen LogP contribution in [0.3, 0.4) is 0 Å². The molecule has 3 N–H and O–H groups in total. The summed E-state index contributed by atoms with van der Waals surface area (Å²) in [6.07, 6.45) is 10.0. The molecule has 0 spiro atoms. The van der Waals surface area contributed by atoms with Crippen molar-refractivity contribution in [1.29, 1.82) is 0 Å². The molecule has 6 rings (SSSR count).